The molecule has 0 saturated heterocycles. The third-order valence-corrected chi connectivity index (χ3v) is 3.55. The fourth-order valence-corrected chi connectivity index (χ4v) is 2.65. The first-order valence-electron chi connectivity index (χ1n) is 5.90. The molecule has 94 valence electrons. The highest BCUT2D eigenvalue weighted by atomic mass is 19.2. The second-order valence-corrected chi connectivity index (χ2v) is 5.02. The van der Waals surface area contributed by atoms with E-state index in [9.17, 15) is 8.78 Å². The Kier molecular flexibility index (Phi) is 3.08. The lowest BCUT2D eigenvalue weighted by Gasteiger charge is -2.30. The Hall–Kier alpha value is -1.16. The highest BCUT2D eigenvalue weighted by Gasteiger charge is 2.35. The molecule has 0 aliphatic heterocycles. The number of hydrogen-bond acceptors (Lipinski definition) is 2. The van der Waals surface area contributed by atoms with Gasteiger partial charge in [-0.15, -0.1) is 0 Å². The maximum absolute atomic E-state index is 13.9. The Bertz CT molecular complexity index is 424. The van der Waals surface area contributed by atoms with Crippen LogP contribution in [0.3, 0.4) is 0 Å². The largest absolute Gasteiger partial charge is 0.375 e. The van der Waals surface area contributed by atoms with Crippen LogP contribution < -0.4 is 10.6 Å². The highest BCUT2D eigenvalue weighted by Crippen LogP contribution is 2.41. The molecule has 2 N–H and O–H groups in total. The van der Waals surface area contributed by atoms with Crippen molar-refractivity contribution in [1.29, 1.82) is 0 Å². The van der Waals surface area contributed by atoms with Gasteiger partial charge in [-0.25, -0.2) is 8.78 Å². The van der Waals surface area contributed by atoms with Crippen LogP contribution in [-0.2, 0) is 5.54 Å². The lowest BCUT2D eigenvalue weighted by atomic mass is 9.87. The summed E-state index contributed by atoms with van der Waals surface area (Å²) >= 11 is 0. The van der Waals surface area contributed by atoms with Crippen molar-refractivity contribution in [2.75, 3.05) is 19.0 Å². The number of halogens is 2. The molecule has 2 nitrogen and oxygen atoms in total. The average Bonchev–Trinajstić information content (AvgIpc) is 2.69. The van der Waals surface area contributed by atoms with Gasteiger partial charge < -0.3 is 10.6 Å². The van der Waals surface area contributed by atoms with Crippen LogP contribution in [0.5, 0.6) is 0 Å². The Labute approximate surface area is 100 Å². The molecule has 0 atom stereocenters. The summed E-state index contributed by atoms with van der Waals surface area (Å²) in [5.74, 6) is -1.62. The molecule has 0 heterocycles. The first-order valence-corrected chi connectivity index (χ1v) is 5.90. The van der Waals surface area contributed by atoms with Crippen molar-refractivity contribution in [2.45, 2.75) is 31.2 Å². The van der Waals surface area contributed by atoms with Crippen LogP contribution in [0.2, 0.25) is 0 Å². The summed E-state index contributed by atoms with van der Waals surface area (Å²) in [6, 6.07) is 2.80. The lowest BCUT2D eigenvalue weighted by Crippen LogP contribution is -2.35. The molecule has 0 radical (unpaired) electrons. The molecule has 1 aliphatic carbocycles. The highest BCUT2D eigenvalue weighted by molar-refractivity contribution is 5.57. The zero-order valence-corrected chi connectivity index (χ0v) is 10.3. The number of hydrogen-bond donors (Lipinski definition) is 1. The minimum Gasteiger partial charge on any atom is -0.375 e. The van der Waals surface area contributed by atoms with Gasteiger partial charge in [-0.1, -0.05) is 18.9 Å². The van der Waals surface area contributed by atoms with Crippen molar-refractivity contribution in [2.24, 2.45) is 5.73 Å². The average molecular weight is 240 g/mol. The minimum absolute atomic E-state index is 0.286. The van der Waals surface area contributed by atoms with E-state index in [4.69, 9.17) is 5.73 Å². The van der Waals surface area contributed by atoms with Crippen molar-refractivity contribution >= 4 is 5.69 Å². The number of nitrogens with two attached hydrogens (primary N) is 1. The topological polar surface area (TPSA) is 29.3 Å². The predicted molar refractivity (Wildman–Crippen MR) is 65.0 cm³/mol. The van der Waals surface area contributed by atoms with E-state index in [1.807, 2.05) is 0 Å². The number of nitrogens with zero attached hydrogens (tertiary/aromatic N) is 1. The SMILES string of the molecule is CN(C)c1c(C2(N)CCCC2)ccc(F)c1F. The van der Waals surface area contributed by atoms with Crippen molar-refractivity contribution in [1.82, 2.24) is 0 Å². The van der Waals surface area contributed by atoms with E-state index in [2.05, 4.69) is 0 Å². The van der Waals surface area contributed by atoms with Gasteiger partial charge in [-0.3, -0.25) is 0 Å². The second-order valence-electron chi connectivity index (χ2n) is 5.02. The summed E-state index contributed by atoms with van der Waals surface area (Å²) in [7, 11) is 3.42. The van der Waals surface area contributed by atoms with Gasteiger partial charge in [0.15, 0.2) is 11.6 Å². The van der Waals surface area contributed by atoms with Crippen LogP contribution in [0.25, 0.3) is 0 Å². The van der Waals surface area contributed by atoms with Gasteiger partial charge in [-0.2, -0.15) is 0 Å². The predicted octanol–water partition coefficient (Wildman–Crippen LogP) is 2.76. The van der Waals surface area contributed by atoms with Gasteiger partial charge in [0.05, 0.1) is 5.69 Å². The van der Waals surface area contributed by atoms with Gasteiger partial charge in [0.2, 0.25) is 0 Å². The fourth-order valence-electron chi connectivity index (χ4n) is 2.65. The molecule has 1 aromatic rings. The van der Waals surface area contributed by atoms with E-state index in [-0.39, 0.29) is 5.69 Å². The first kappa shape index (κ1) is 12.3. The zero-order chi connectivity index (χ0) is 12.6. The third kappa shape index (κ3) is 2.02. The van der Waals surface area contributed by atoms with E-state index >= 15 is 0 Å². The van der Waals surface area contributed by atoms with Crippen molar-refractivity contribution in [3.63, 3.8) is 0 Å². The van der Waals surface area contributed by atoms with E-state index < -0.39 is 17.2 Å². The molecule has 2 rings (SSSR count). The van der Waals surface area contributed by atoms with Crippen LogP contribution in [0.1, 0.15) is 31.2 Å². The van der Waals surface area contributed by atoms with E-state index in [0.29, 0.717) is 0 Å². The molecule has 1 aromatic carbocycles. The summed E-state index contributed by atoms with van der Waals surface area (Å²) < 4.78 is 27.2. The normalized spacial score (nSPS) is 18.4. The summed E-state index contributed by atoms with van der Waals surface area (Å²) in [4.78, 5) is 1.60. The Balaban J connectivity index is 2.57. The first-order chi connectivity index (χ1) is 7.96. The number of rotatable bonds is 2. The van der Waals surface area contributed by atoms with E-state index in [1.54, 1.807) is 25.1 Å². The molecular weight excluding hydrogens is 222 g/mol. The van der Waals surface area contributed by atoms with E-state index in [0.717, 1.165) is 31.2 Å². The minimum atomic E-state index is -0.820. The standard InChI is InChI=1S/C13H18F2N2/c1-17(2)12-9(5-6-10(14)11(12)15)13(16)7-3-4-8-13/h5-6H,3-4,7-8,16H2,1-2H3. The molecule has 1 fully saturated rings. The van der Waals surface area contributed by atoms with Crippen molar-refractivity contribution in [3.8, 4) is 0 Å². The fraction of sp³-hybridized carbons (Fsp3) is 0.538. The lowest BCUT2D eigenvalue weighted by molar-refractivity contribution is 0.450. The van der Waals surface area contributed by atoms with Crippen LogP contribution in [0.4, 0.5) is 14.5 Å². The van der Waals surface area contributed by atoms with E-state index in [1.165, 1.54) is 6.07 Å². The smallest absolute Gasteiger partial charge is 0.182 e. The van der Waals surface area contributed by atoms with Gasteiger partial charge >= 0.3 is 0 Å². The third-order valence-electron chi connectivity index (χ3n) is 3.55. The molecule has 1 saturated carbocycles. The molecule has 0 aromatic heterocycles. The van der Waals surface area contributed by atoms with Crippen LogP contribution in [0, 0.1) is 11.6 Å². The molecule has 4 heteroatoms. The Morgan fingerprint density at radius 3 is 2.29 bits per heavy atom. The molecule has 0 unspecified atom stereocenters. The summed E-state index contributed by atoms with van der Waals surface area (Å²) in [6.07, 6.45) is 3.75. The number of benzene rings is 1. The maximum atomic E-state index is 13.9. The zero-order valence-electron chi connectivity index (χ0n) is 10.3. The maximum Gasteiger partial charge on any atom is 0.182 e. The van der Waals surface area contributed by atoms with Crippen molar-refractivity contribution < 1.29 is 8.78 Å². The van der Waals surface area contributed by atoms with Crippen molar-refractivity contribution in [3.05, 3.63) is 29.3 Å². The molecule has 1 aliphatic rings. The molecule has 17 heavy (non-hydrogen) atoms. The molecule has 0 bridgehead atoms. The van der Waals surface area contributed by atoms with Crippen LogP contribution >= 0.6 is 0 Å². The quantitative estimate of drug-likeness (QED) is 0.861. The second kappa shape index (κ2) is 4.26. The molecule has 0 amide bonds. The van der Waals surface area contributed by atoms with Gasteiger partial charge in [0.25, 0.3) is 0 Å². The summed E-state index contributed by atoms with van der Waals surface area (Å²) in [6.45, 7) is 0. The molecular formula is C13H18F2N2. The van der Waals surface area contributed by atoms with Gasteiger partial charge in [-0.05, 0) is 24.5 Å². The Morgan fingerprint density at radius 2 is 1.76 bits per heavy atom. The van der Waals surface area contributed by atoms with Gasteiger partial charge in [0, 0.05) is 19.6 Å². The Morgan fingerprint density at radius 1 is 1.18 bits per heavy atom. The summed E-state index contributed by atoms with van der Waals surface area (Å²) in [5.41, 5.74) is 6.82. The number of anilines is 1. The monoisotopic (exact) mass is 240 g/mol. The van der Waals surface area contributed by atoms with Crippen LogP contribution in [0.15, 0.2) is 12.1 Å². The van der Waals surface area contributed by atoms with Gasteiger partial charge in [0.1, 0.15) is 0 Å². The summed E-state index contributed by atoms with van der Waals surface area (Å²) in [5, 5.41) is 0. The van der Waals surface area contributed by atoms with Crippen LogP contribution in [-0.4, -0.2) is 14.1 Å². The molecule has 0 spiro atoms.